The summed E-state index contributed by atoms with van der Waals surface area (Å²) in [7, 11) is 1.86. The minimum atomic E-state index is -0.398. The normalized spacial score (nSPS) is 11.0. The predicted octanol–water partition coefficient (Wildman–Crippen LogP) is 0.421. The molecule has 6 nitrogen and oxygen atoms in total. The number of aliphatic hydroxyl groups excluding tert-OH is 1. The summed E-state index contributed by atoms with van der Waals surface area (Å²) < 4.78 is 1.82. The highest BCUT2D eigenvalue weighted by atomic mass is 16.3. The van der Waals surface area contributed by atoms with E-state index in [-0.39, 0.29) is 12.4 Å². The summed E-state index contributed by atoms with van der Waals surface area (Å²) in [5, 5.41) is 18.6. The molecule has 0 spiro atoms. The molecule has 2 rings (SSSR count). The van der Waals surface area contributed by atoms with Gasteiger partial charge in [0.2, 0.25) is 5.43 Å². The van der Waals surface area contributed by atoms with Gasteiger partial charge in [0.25, 0.3) is 0 Å². The van der Waals surface area contributed by atoms with Crippen molar-refractivity contribution in [3.63, 3.8) is 0 Å². The lowest BCUT2D eigenvalue weighted by Crippen LogP contribution is -2.25. The molecule has 0 fully saturated rings. The number of likely N-dealkylation sites (N-methyl/N-ethyl adjacent to an activating group) is 1. The maximum absolute atomic E-state index is 11.6. The summed E-state index contributed by atoms with van der Waals surface area (Å²) in [6.07, 6.45) is 4.89. The fourth-order valence-electron chi connectivity index (χ4n) is 2.10. The first kappa shape index (κ1) is 15.2. The van der Waals surface area contributed by atoms with Gasteiger partial charge in [-0.3, -0.25) is 14.7 Å². The second-order valence-corrected chi connectivity index (χ2v) is 4.96. The van der Waals surface area contributed by atoms with E-state index in [1.807, 2.05) is 28.6 Å². The molecular weight excluding hydrogens is 270 g/mol. The molecule has 0 unspecified atom stereocenters. The first-order valence-corrected chi connectivity index (χ1v) is 6.71. The maximum Gasteiger partial charge on any atom is 0.223 e. The van der Waals surface area contributed by atoms with Crippen LogP contribution in [0, 0.1) is 0 Å². The van der Waals surface area contributed by atoms with Crippen molar-refractivity contribution in [2.75, 3.05) is 20.2 Å². The standard InChI is InChI=1S/C15H19N3O3/c1-17(5-6-19)10-13-7-14(20)15(21)11-18(13)9-12-3-2-4-16-8-12/h2-4,7-8,11,19,21H,5-6,9-10H2,1H3. The molecule has 2 N–H and O–H groups in total. The predicted molar refractivity (Wildman–Crippen MR) is 79.1 cm³/mol. The summed E-state index contributed by atoms with van der Waals surface area (Å²) in [5.74, 6) is -0.271. The summed E-state index contributed by atoms with van der Waals surface area (Å²) in [6, 6.07) is 5.21. The molecule has 21 heavy (non-hydrogen) atoms. The Hall–Kier alpha value is -2.18. The monoisotopic (exact) mass is 289 g/mol. The quantitative estimate of drug-likeness (QED) is 0.806. The molecule has 0 aromatic carbocycles. The van der Waals surface area contributed by atoms with Gasteiger partial charge in [0.05, 0.1) is 12.8 Å². The van der Waals surface area contributed by atoms with Crippen LogP contribution in [-0.2, 0) is 13.1 Å². The fraction of sp³-hybridized carbons (Fsp3) is 0.333. The Bertz CT molecular complexity index is 640. The highest BCUT2D eigenvalue weighted by Crippen LogP contribution is 2.10. The summed E-state index contributed by atoms with van der Waals surface area (Å²) in [6.45, 7) is 1.60. The Kier molecular flexibility index (Phi) is 5.08. The molecule has 2 aromatic rings. The van der Waals surface area contributed by atoms with Gasteiger partial charge < -0.3 is 14.8 Å². The van der Waals surface area contributed by atoms with Crippen molar-refractivity contribution in [2.24, 2.45) is 0 Å². The Morgan fingerprint density at radius 2 is 2.24 bits per heavy atom. The van der Waals surface area contributed by atoms with E-state index < -0.39 is 5.43 Å². The van der Waals surface area contributed by atoms with Crippen LogP contribution in [0.25, 0.3) is 0 Å². The van der Waals surface area contributed by atoms with E-state index in [0.717, 1.165) is 11.3 Å². The zero-order chi connectivity index (χ0) is 15.2. The van der Waals surface area contributed by atoms with E-state index in [4.69, 9.17) is 5.11 Å². The average Bonchev–Trinajstić information content (AvgIpc) is 2.45. The van der Waals surface area contributed by atoms with Crippen molar-refractivity contribution in [1.82, 2.24) is 14.5 Å². The van der Waals surface area contributed by atoms with Gasteiger partial charge in [-0.05, 0) is 18.7 Å². The van der Waals surface area contributed by atoms with Gasteiger partial charge in [0.15, 0.2) is 5.75 Å². The van der Waals surface area contributed by atoms with Crippen LogP contribution in [0.5, 0.6) is 5.75 Å². The van der Waals surface area contributed by atoms with E-state index in [1.54, 1.807) is 12.4 Å². The molecule has 0 aliphatic heterocycles. The SMILES string of the molecule is CN(CCO)Cc1cc(=O)c(O)cn1Cc1cccnc1. The number of aromatic hydroxyl groups is 1. The Balaban J connectivity index is 2.29. The van der Waals surface area contributed by atoms with Crippen LogP contribution in [0.15, 0.2) is 41.6 Å². The smallest absolute Gasteiger partial charge is 0.223 e. The molecule has 6 heteroatoms. The van der Waals surface area contributed by atoms with Crippen LogP contribution >= 0.6 is 0 Å². The molecule has 112 valence electrons. The fourth-order valence-corrected chi connectivity index (χ4v) is 2.10. The molecule has 0 atom stereocenters. The second-order valence-electron chi connectivity index (χ2n) is 4.96. The Morgan fingerprint density at radius 3 is 2.90 bits per heavy atom. The summed E-state index contributed by atoms with van der Waals surface area (Å²) >= 11 is 0. The van der Waals surface area contributed by atoms with Gasteiger partial charge in [0.1, 0.15) is 0 Å². The molecule has 0 aliphatic carbocycles. The van der Waals surface area contributed by atoms with Crippen LogP contribution < -0.4 is 5.43 Å². The molecule has 0 saturated heterocycles. The second kappa shape index (κ2) is 7.01. The van der Waals surface area contributed by atoms with Crippen LogP contribution in [-0.4, -0.2) is 44.9 Å². The highest BCUT2D eigenvalue weighted by molar-refractivity contribution is 5.22. The Morgan fingerprint density at radius 1 is 1.43 bits per heavy atom. The highest BCUT2D eigenvalue weighted by Gasteiger charge is 2.09. The van der Waals surface area contributed by atoms with Gasteiger partial charge in [-0.15, -0.1) is 0 Å². The lowest BCUT2D eigenvalue weighted by molar-refractivity contribution is 0.214. The average molecular weight is 289 g/mol. The molecule has 0 aliphatic rings. The number of hydrogen-bond acceptors (Lipinski definition) is 5. The molecule has 0 bridgehead atoms. The number of aliphatic hydroxyl groups is 1. The number of aromatic nitrogens is 2. The zero-order valence-corrected chi connectivity index (χ0v) is 11.9. The van der Waals surface area contributed by atoms with Crippen molar-refractivity contribution >= 4 is 0 Å². The van der Waals surface area contributed by atoms with Crippen LogP contribution in [0.3, 0.4) is 0 Å². The van der Waals surface area contributed by atoms with Crippen LogP contribution in [0.4, 0.5) is 0 Å². The van der Waals surface area contributed by atoms with Crippen molar-refractivity contribution in [3.8, 4) is 5.75 Å². The van der Waals surface area contributed by atoms with Crippen molar-refractivity contribution in [2.45, 2.75) is 13.1 Å². The van der Waals surface area contributed by atoms with Gasteiger partial charge >= 0.3 is 0 Å². The topological polar surface area (TPSA) is 78.6 Å². The summed E-state index contributed by atoms with van der Waals surface area (Å²) in [4.78, 5) is 17.6. The van der Waals surface area contributed by atoms with E-state index in [9.17, 15) is 9.90 Å². The lowest BCUT2D eigenvalue weighted by atomic mass is 10.2. The third kappa shape index (κ3) is 4.14. The molecule has 0 amide bonds. The van der Waals surface area contributed by atoms with Crippen LogP contribution in [0.1, 0.15) is 11.3 Å². The number of rotatable bonds is 6. The largest absolute Gasteiger partial charge is 0.503 e. The molecule has 0 radical (unpaired) electrons. The first-order chi connectivity index (χ1) is 10.1. The van der Waals surface area contributed by atoms with Crippen molar-refractivity contribution in [3.05, 3.63) is 58.3 Å². The van der Waals surface area contributed by atoms with Crippen molar-refractivity contribution in [1.29, 1.82) is 0 Å². The zero-order valence-electron chi connectivity index (χ0n) is 11.9. The third-order valence-corrected chi connectivity index (χ3v) is 3.19. The van der Waals surface area contributed by atoms with Gasteiger partial charge in [-0.25, -0.2) is 0 Å². The summed E-state index contributed by atoms with van der Waals surface area (Å²) in [5.41, 5.74) is 1.36. The minimum Gasteiger partial charge on any atom is -0.503 e. The van der Waals surface area contributed by atoms with Crippen LogP contribution in [0.2, 0.25) is 0 Å². The van der Waals surface area contributed by atoms with Gasteiger partial charge in [-0.2, -0.15) is 0 Å². The molecule has 2 heterocycles. The lowest BCUT2D eigenvalue weighted by Gasteiger charge is -2.19. The van der Waals surface area contributed by atoms with E-state index >= 15 is 0 Å². The third-order valence-electron chi connectivity index (χ3n) is 3.19. The van der Waals surface area contributed by atoms with Gasteiger partial charge in [0, 0.05) is 43.8 Å². The van der Waals surface area contributed by atoms with E-state index in [0.29, 0.717) is 19.6 Å². The number of nitrogens with zero attached hydrogens (tertiary/aromatic N) is 3. The molecular formula is C15H19N3O3. The number of hydrogen-bond donors (Lipinski definition) is 2. The number of pyridine rings is 2. The first-order valence-electron chi connectivity index (χ1n) is 6.71. The maximum atomic E-state index is 11.6. The molecule has 0 saturated carbocycles. The van der Waals surface area contributed by atoms with E-state index in [2.05, 4.69) is 4.98 Å². The molecule has 2 aromatic heterocycles. The minimum absolute atomic E-state index is 0.0570. The van der Waals surface area contributed by atoms with Gasteiger partial charge in [-0.1, -0.05) is 6.07 Å². The van der Waals surface area contributed by atoms with E-state index in [1.165, 1.54) is 12.3 Å². The van der Waals surface area contributed by atoms with Crippen molar-refractivity contribution < 1.29 is 10.2 Å². The Labute approximate surface area is 122 Å².